The van der Waals surface area contributed by atoms with Crippen molar-refractivity contribution in [3.8, 4) is 11.3 Å². The molecule has 0 bridgehead atoms. The first-order valence-corrected chi connectivity index (χ1v) is 5.36. The number of nitrogens with one attached hydrogen (secondary N) is 1. The maximum absolute atomic E-state index is 12.9. The summed E-state index contributed by atoms with van der Waals surface area (Å²) >= 11 is 0. The molecule has 0 aliphatic heterocycles. The van der Waals surface area contributed by atoms with Crippen molar-refractivity contribution in [3.05, 3.63) is 36.0 Å². The number of nitrogens with zero attached hydrogens (tertiary/aromatic N) is 1. The summed E-state index contributed by atoms with van der Waals surface area (Å²) in [5, 5.41) is 3.93. The van der Waals surface area contributed by atoms with E-state index >= 15 is 0 Å². The first-order chi connectivity index (χ1) is 8.97. The molecule has 2 heterocycles. The van der Waals surface area contributed by atoms with E-state index in [-0.39, 0.29) is 11.3 Å². The number of aromatic nitrogens is 2. The molecular weight excluding hydrogens is 259 g/mol. The molecule has 3 rings (SSSR count). The normalized spacial score (nSPS) is 12.2. The number of nitrogens with two attached hydrogens (primary N) is 1. The van der Waals surface area contributed by atoms with E-state index < -0.39 is 11.7 Å². The molecule has 19 heavy (non-hydrogen) atoms. The highest BCUT2D eigenvalue weighted by Crippen LogP contribution is 2.37. The minimum atomic E-state index is -4.41. The van der Waals surface area contributed by atoms with Gasteiger partial charge >= 0.3 is 6.18 Å². The molecule has 0 saturated heterocycles. The van der Waals surface area contributed by atoms with Crippen LogP contribution in [0.4, 0.5) is 19.0 Å². The summed E-state index contributed by atoms with van der Waals surface area (Å²) in [6.45, 7) is 0. The fourth-order valence-electron chi connectivity index (χ4n) is 2.01. The molecule has 0 radical (unpaired) electrons. The maximum atomic E-state index is 12.9. The van der Waals surface area contributed by atoms with Crippen LogP contribution in [-0.4, -0.2) is 10.1 Å². The Balaban J connectivity index is 2.25. The summed E-state index contributed by atoms with van der Waals surface area (Å²) in [5.41, 5.74) is 5.22. The average molecular weight is 267 g/mol. The number of nitrogen functional groups attached to an aromatic ring is 1. The number of benzene rings is 1. The Morgan fingerprint density at radius 3 is 2.68 bits per heavy atom. The van der Waals surface area contributed by atoms with E-state index in [0.717, 1.165) is 6.07 Å². The van der Waals surface area contributed by atoms with Gasteiger partial charge in [-0.05, 0) is 6.07 Å². The Morgan fingerprint density at radius 1 is 1.26 bits per heavy atom. The smallest absolute Gasteiger partial charge is 0.381 e. The Hall–Kier alpha value is -2.44. The molecule has 7 heteroatoms. The van der Waals surface area contributed by atoms with E-state index in [0.29, 0.717) is 16.7 Å². The van der Waals surface area contributed by atoms with Crippen molar-refractivity contribution in [2.45, 2.75) is 6.18 Å². The van der Waals surface area contributed by atoms with Gasteiger partial charge in [0.15, 0.2) is 11.6 Å². The van der Waals surface area contributed by atoms with Crippen molar-refractivity contribution in [1.29, 1.82) is 0 Å². The van der Waals surface area contributed by atoms with Gasteiger partial charge in [0, 0.05) is 23.2 Å². The molecule has 0 aliphatic rings. The first kappa shape index (κ1) is 11.6. The van der Waals surface area contributed by atoms with E-state index in [1.807, 2.05) is 0 Å². The van der Waals surface area contributed by atoms with E-state index in [1.54, 1.807) is 6.07 Å². The van der Waals surface area contributed by atoms with E-state index in [4.69, 9.17) is 10.3 Å². The van der Waals surface area contributed by atoms with Crippen LogP contribution in [0.1, 0.15) is 5.56 Å². The molecule has 2 aromatic heterocycles. The number of hydrogen-bond donors (Lipinski definition) is 2. The van der Waals surface area contributed by atoms with E-state index in [2.05, 4.69) is 10.1 Å². The molecule has 98 valence electrons. The maximum Gasteiger partial charge on any atom is 0.418 e. The zero-order valence-electron chi connectivity index (χ0n) is 9.45. The molecule has 0 atom stereocenters. The number of para-hydroxylation sites is 1. The van der Waals surface area contributed by atoms with Crippen molar-refractivity contribution in [2.24, 2.45) is 0 Å². The number of anilines is 1. The predicted molar refractivity (Wildman–Crippen MR) is 63.2 cm³/mol. The van der Waals surface area contributed by atoms with Crippen molar-refractivity contribution in [1.82, 2.24) is 10.1 Å². The molecule has 0 unspecified atom stereocenters. The largest absolute Gasteiger partial charge is 0.418 e. The second-order valence-electron chi connectivity index (χ2n) is 4.04. The van der Waals surface area contributed by atoms with Crippen LogP contribution in [-0.2, 0) is 6.18 Å². The Labute approximate surface area is 105 Å². The third kappa shape index (κ3) is 1.83. The molecule has 0 amide bonds. The highest BCUT2D eigenvalue weighted by molar-refractivity contribution is 5.96. The zero-order valence-corrected chi connectivity index (χ0v) is 9.45. The van der Waals surface area contributed by atoms with Gasteiger partial charge in [-0.3, -0.25) is 0 Å². The fraction of sp³-hybridized carbons (Fsp3) is 0.0833. The third-order valence-electron chi connectivity index (χ3n) is 2.81. The number of fused-ring (bicyclic) bond motifs is 1. The number of alkyl halides is 3. The highest BCUT2D eigenvalue weighted by atomic mass is 19.4. The minimum Gasteiger partial charge on any atom is -0.381 e. The lowest BCUT2D eigenvalue weighted by Crippen LogP contribution is -2.05. The average Bonchev–Trinajstić information content (AvgIpc) is 2.92. The summed E-state index contributed by atoms with van der Waals surface area (Å²) < 4.78 is 43.5. The van der Waals surface area contributed by atoms with Gasteiger partial charge in [0.1, 0.15) is 0 Å². The quantitative estimate of drug-likeness (QED) is 0.709. The lowest BCUT2D eigenvalue weighted by atomic mass is 10.1. The van der Waals surface area contributed by atoms with E-state index in [9.17, 15) is 13.2 Å². The van der Waals surface area contributed by atoms with Crippen LogP contribution >= 0.6 is 0 Å². The molecular formula is C12H8F3N3O. The Kier molecular flexibility index (Phi) is 2.31. The molecule has 0 saturated carbocycles. The second-order valence-corrected chi connectivity index (χ2v) is 4.04. The molecule has 3 N–H and O–H groups in total. The summed E-state index contributed by atoms with van der Waals surface area (Å²) in [6, 6.07) is 5.41. The second kappa shape index (κ2) is 3.78. The summed E-state index contributed by atoms with van der Waals surface area (Å²) in [7, 11) is 0. The molecule has 0 spiro atoms. The summed E-state index contributed by atoms with van der Waals surface area (Å²) in [5.74, 6) is 0.499. The Morgan fingerprint density at radius 2 is 2.05 bits per heavy atom. The van der Waals surface area contributed by atoms with Gasteiger partial charge < -0.3 is 15.2 Å². The van der Waals surface area contributed by atoms with Crippen molar-refractivity contribution >= 4 is 16.7 Å². The van der Waals surface area contributed by atoms with Crippen LogP contribution in [0.2, 0.25) is 0 Å². The molecule has 3 aromatic rings. The Bertz CT molecular complexity index is 742. The number of halogens is 3. The summed E-state index contributed by atoms with van der Waals surface area (Å²) in [4.78, 5) is 2.62. The third-order valence-corrected chi connectivity index (χ3v) is 2.81. The van der Waals surface area contributed by atoms with E-state index in [1.165, 1.54) is 18.3 Å². The number of aromatic amines is 1. The molecule has 1 aromatic carbocycles. The first-order valence-electron chi connectivity index (χ1n) is 5.36. The lowest BCUT2D eigenvalue weighted by Gasteiger charge is -2.07. The number of H-pyrrole nitrogens is 1. The van der Waals surface area contributed by atoms with Crippen molar-refractivity contribution in [3.63, 3.8) is 0 Å². The van der Waals surface area contributed by atoms with Gasteiger partial charge in [0.25, 0.3) is 0 Å². The van der Waals surface area contributed by atoms with Crippen LogP contribution in [0.25, 0.3) is 22.2 Å². The van der Waals surface area contributed by atoms with Gasteiger partial charge in [0.2, 0.25) is 0 Å². The molecule has 0 fully saturated rings. The van der Waals surface area contributed by atoms with Gasteiger partial charge in [0.05, 0.1) is 11.1 Å². The topological polar surface area (TPSA) is 67.8 Å². The van der Waals surface area contributed by atoms with Crippen LogP contribution < -0.4 is 5.73 Å². The zero-order chi connectivity index (χ0) is 13.6. The standard InChI is InChI=1S/C12H8F3N3O/c13-12(14,15)8-3-1-2-6-7(5-17-11(6)8)9-4-10(16)18-19-9/h1-5,17H,(H2,16,18). The highest BCUT2D eigenvalue weighted by Gasteiger charge is 2.33. The fourth-order valence-corrected chi connectivity index (χ4v) is 2.01. The molecule has 4 nitrogen and oxygen atoms in total. The molecule has 0 aliphatic carbocycles. The van der Waals surface area contributed by atoms with Crippen LogP contribution in [0.15, 0.2) is 35.0 Å². The van der Waals surface area contributed by atoms with Crippen LogP contribution in [0, 0.1) is 0 Å². The monoisotopic (exact) mass is 267 g/mol. The van der Waals surface area contributed by atoms with Gasteiger partial charge in [-0.2, -0.15) is 13.2 Å². The predicted octanol–water partition coefficient (Wildman–Crippen LogP) is 3.42. The van der Waals surface area contributed by atoms with Crippen LogP contribution in [0.5, 0.6) is 0 Å². The van der Waals surface area contributed by atoms with Crippen molar-refractivity contribution < 1.29 is 17.7 Å². The van der Waals surface area contributed by atoms with Gasteiger partial charge in [-0.15, -0.1) is 0 Å². The van der Waals surface area contributed by atoms with Crippen LogP contribution in [0.3, 0.4) is 0 Å². The lowest BCUT2D eigenvalue weighted by molar-refractivity contribution is -0.136. The summed E-state index contributed by atoms with van der Waals surface area (Å²) in [6.07, 6.45) is -2.97. The van der Waals surface area contributed by atoms with Gasteiger partial charge in [-0.25, -0.2) is 0 Å². The van der Waals surface area contributed by atoms with Gasteiger partial charge in [-0.1, -0.05) is 17.3 Å². The van der Waals surface area contributed by atoms with Crippen molar-refractivity contribution in [2.75, 3.05) is 5.73 Å². The SMILES string of the molecule is Nc1cc(-c2c[nH]c3c(C(F)(F)F)cccc23)on1. The minimum absolute atomic E-state index is 0.0139. The number of rotatable bonds is 1. The number of hydrogen-bond acceptors (Lipinski definition) is 3.